The Labute approximate surface area is 239 Å². The summed E-state index contributed by atoms with van der Waals surface area (Å²) in [6.45, 7) is 1.72. The van der Waals surface area contributed by atoms with Gasteiger partial charge in [-0.25, -0.2) is 0 Å². The molecule has 0 radical (unpaired) electrons. The third-order valence-electron chi connectivity index (χ3n) is 8.22. The average molecular weight is 635 g/mol. The number of ketones is 2. The minimum atomic E-state index is -0.601. The molecular weight excluding hydrogens is 609 g/mol. The van der Waals surface area contributed by atoms with Crippen LogP contribution in [0.4, 0.5) is 5.69 Å². The van der Waals surface area contributed by atoms with Gasteiger partial charge < -0.3 is 9.84 Å². The first-order valence-electron chi connectivity index (χ1n) is 13.0. The number of anilines is 1. The molecule has 2 amide bonds. The highest BCUT2D eigenvalue weighted by Crippen LogP contribution is 2.55. The lowest BCUT2D eigenvalue weighted by Gasteiger charge is -2.42. The van der Waals surface area contributed by atoms with Crippen molar-refractivity contribution < 1.29 is 29.0 Å². The van der Waals surface area contributed by atoms with E-state index < -0.39 is 17.8 Å². The number of amides is 2. The molecule has 0 spiro atoms. The molecule has 6 rings (SSSR count). The van der Waals surface area contributed by atoms with Gasteiger partial charge in [0, 0.05) is 26.2 Å². The first-order valence-corrected chi connectivity index (χ1v) is 14.0. The van der Waals surface area contributed by atoms with Crippen molar-refractivity contribution in [1.29, 1.82) is 0 Å². The summed E-state index contributed by atoms with van der Waals surface area (Å²) in [5.41, 5.74) is 3.59. The largest absolute Gasteiger partial charge is 0.491 e. The first-order chi connectivity index (χ1) is 18.8. The fourth-order valence-corrected chi connectivity index (χ4v) is 6.86. The standard InChI is InChI=1S/C31H26INO6/c1-16-14-25(35)24-15-23-21(26(28(24)29(16)36)17-2-8-20(9-3-17)39-13-12-34)10-11-22-27(23)31(38)33(30(22)37)19-6-4-18(32)5-7-19/h2-10,14,22-23,26-27,34H,11-13,15H2,1H3/t22-,23+,26-,27-/m0/s1. The third-order valence-corrected chi connectivity index (χ3v) is 8.94. The van der Waals surface area contributed by atoms with E-state index in [0.717, 1.165) is 14.7 Å². The SMILES string of the molecule is CC1=CC(=O)C2=C(C1=O)[C@@H](c1ccc(OCCO)cc1)C1=CC[C@@H]3C(=O)N(c4ccc(I)cc4)C(=O)[C@@H]3[C@@H]1C2. The van der Waals surface area contributed by atoms with Crippen LogP contribution in [0.5, 0.6) is 5.75 Å². The van der Waals surface area contributed by atoms with E-state index in [1.54, 1.807) is 31.2 Å². The normalized spacial score (nSPS) is 26.2. The molecule has 0 aromatic heterocycles. The molecule has 3 aliphatic carbocycles. The number of benzene rings is 2. The van der Waals surface area contributed by atoms with Crippen molar-refractivity contribution in [2.45, 2.75) is 25.7 Å². The Bertz CT molecular complexity index is 1500. The van der Waals surface area contributed by atoms with Gasteiger partial charge in [0.25, 0.3) is 0 Å². The summed E-state index contributed by atoms with van der Waals surface area (Å²) < 4.78 is 6.52. The van der Waals surface area contributed by atoms with Crippen molar-refractivity contribution in [1.82, 2.24) is 0 Å². The van der Waals surface area contributed by atoms with Crippen LogP contribution in [0.2, 0.25) is 0 Å². The molecule has 4 atom stereocenters. The topological polar surface area (TPSA) is 101 Å². The van der Waals surface area contributed by atoms with Gasteiger partial charge in [0.05, 0.1) is 24.1 Å². The second-order valence-corrected chi connectivity index (χ2v) is 11.6. The number of hydrogen-bond acceptors (Lipinski definition) is 6. The van der Waals surface area contributed by atoms with Gasteiger partial charge in [-0.05, 0) is 96.3 Å². The molecule has 1 aliphatic heterocycles. The van der Waals surface area contributed by atoms with Gasteiger partial charge in [-0.2, -0.15) is 0 Å². The number of aliphatic hydroxyl groups excluding tert-OH is 1. The minimum Gasteiger partial charge on any atom is -0.491 e. The molecule has 1 fully saturated rings. The van der Waals surface area contributed by atoms with E-state index in [1.807, 2.05) is 30.3 Å². The van der Waals surface area contributed by atoms with E-state index in [9.17, 15) is 19.2 Å². The number of nitrogens with zero attached hydrogens (tertiary/aromatic N) is 1. The Kier molecular flexibility index (Phi) is 6.63. The predicted molar refractivity (Wildman–Crippen MR) is 152 cm³/mol. The number of carbonyl (C=O) groups is 4. The zero-order valence-electron chi connectivity index (χ0n) is 21.2. The van der Waals surface area contributed by atoms with Crippen LogP contribution >= 0.6 is 22.6 Å². The zero-order valence-corrected chi connectivity index (χ0v) is 23.4. The Morgan fingerprint density at radius 1 is 0.974 bits per heavy atom. The monoisotopic (exact) mass is 635 g/mol. The summed E-state index contributed by atoms with van der Waals surface area (Å²) in [4.78, 5) is 55.5. The number of allylic oxidation sites excluding steroid dienone is 6. The van der Waals surface area contributed by atoms with Gasteiger partial charge in [0.2, 0.25) is 11.8 Å². The second kappa shape index (κ2) is 9.98. The van der Waals surface area contributed by atoms with E-state index in [1.165, 1.54) is 11.0 Å². The van der Waals surface area contributed by atoms with Crippen molar-refractivity contribution in [3.8, 4) is 5.75 Å². The highest BCUT2D eigenvalue weighted by Gasteiger charge is 2.56. The fourth-order valence-electron chi connectivity index (χ4n) is 6.51. The Morgan fingerprint density at radius 3 is 2.38 bits per heavy atom. The van der Waals surface area contributed by atoms with Crippen LogP contribution in [0.15, 0.2) is 83.0 Å². The summed E-state index contributed by atoms with van der Waals surface area (Å²) >= 11 is 2.18. The van der Waals surface area contributed by atoms with Gasteiger partial charge >= 0.3 is 0 Å². The van der Waals surface area contributed by atoms with Crippen LogP contribution in [0, 0.1) is 21.3 Å². The quantitative estimate of drug-likeness (QED) is 0.228. The molecule has 198 valence electrons. The maximum absolute atomic E-state index is 13.9. The smallest absolute Gasteiger partial charge is 0.238 e. The minimum absolute atomic E-state index is 0.105. The number of hydrogen-bond donors (Lipinski definition) is 1. The molecule has 1 N–H and O–H groups in total. The number of Topliss-reactive ketones (excluding diaryl/α,β-unsaturated/α-hetero) is 1. The Balaban J connectivity index is 1.43. The van der Waals surface area contributed by atoms with Crippen LogP contribution in [0.25, 0.3) is 0 Å². The van der Waals surface area contributed by atoms with E-state index in [-0.39, 0.29) is 48.9 Å². The molecule has 0 unspecified atom stereocenters. The lowest BCUT2D eigenvalue weighted by molar-refractivity contribution is -0.123. The Morgan fingerprint density at radius 2 is 1.69 bits per heavy atom. The molecule has 2 aromatic rings. The zero-order chi connectivity index (χ0) is 27.4. The van der Waals surface area contributed by atoms with Crippen LogP contribution in [-0.4, -0.2) is 41.7 Å². The number of halogens is 1. The number of rotatable bonds is 5. The van der Waals surface area contributed by atoms with Crippen molar-refractivity contribution in [2.24, 2.45) is 17.8 Å². The molecule has 2 aromatic carbocycles. The molecule has 1 heterocycles. The average Bonchev–Trinajstić information content (AvgIpc) is 3.20. The van der Waals surface area contributed by atoms with Crippen molar-refractivity contribution in [3.63, 3.8) is 0 Å². The number of imide groups is 1. The summed E-state index contributed by atoms with van der Waals surface area (Å²) in [6, 6.07) is 14.6. The second-order valence-electron chi connectivity index (χ2n) is 10.4. The van der Waals surface area contributed by atoms with E-state index in [2.05, 4.69) is 22.6 Å². The molecular formula is C31H26INO6. The molecule has 0 saturated carbocycles. The first kappa shape index (κ1) is 25.9. The van der Waals surface area contributed by atoms with Gasteiger partial charge in [-0.15, -0.1) is 0 Å². The van der Waals surface area contributed by atoms with Gasteiger partial charge in [-0.3, -0.25) is 24.1 Å². The maximum Gasteiger partial charge on any atom is 0.238 e. The predicted octanol–water partition coefficient (Wildman–Crippen LogP) is 4.30. The highest BCUT2D eigenvalue weighted by molar-refractivity contribution is 14.1. The number of carbonyl (C=O) groups excluding carboxylic acids is 4. The Hall–Kier alpha value is -3.37. The van der Waals surface area contributed by atoms with E-state index >= 15 is 0 Å². The molecule has 4 aliphatic rings. The van der Waals surface area contributed by atoms with E-state index in [4.69, 9.17) is 9.84 Å². The number of fused-ring (bicyclic) bond motifs is 3. The van der Waals surface area contributed by atoms with Crippen LogP contribution in [0.3, 0.4) is 0 Å². The van der Waals surface area contributed by atoms with Crippen molar-refractivity contribution >= 4 is 51.7 Å². The van der Waals surface area contributed by atoms with E-state index in [0.29, 0.717) is 34.6 Å². The molecule has 0 bridgehead atoms. The summed E-state index contributed by atoms with van der Waals surface area (Å²) in [5.74, 6) is -2.23. The van der Waals surface area contributed by atoms with Gasteiger partial charge in [0.1, 0.15) is 12.4 Å². The third kappa shape index (κ3) is 4.21. The van der Waals surface area contributed by atoms with Gasteiger partial charge in [-0.1, -0.05) is 23.8 Å². The molecule has 39 heavy (non-hydrogen) atoms. The molecule has 7 nitrogen and oxygen atoms in total. The number of aliphatic hydroxyl groups is 1. The summed E-state index contributed by atoms with van der Waals surface area (Å²) in [6.07, 6.45) is 4.06. The molecule has 1 saturated heterocycles. The summed E-state index contributed by atoms with van der Waals surface area (Å²) in [5, 5.41) is 9.07. The van der Waals surface area contributed by atoms with Crippen molar-refractivity contribution in [2.75, 3.05) is 18.1 Å². The van der Waals surface area contributed by atoms with Crippen LogP contribution in [-0.2, 0) is 19.2 Å². The fraction of sp³-hybridized carbons (Fsp3) is 0.290. The van der Waals surface area contributed by atoms with Crippen molar-refractivity contribution in [3.05, 3.63) is 92.1 Å². The summed E-state index contributed by atoms with van der Waals surface area (Å²) in [7, 11) is 0. The molecule has 8 heteroatoms. The van der Waals surface area contributed by atoms with Crippen LogP contribution < -0.4 is 9.64 Å². The van der Waals surface area contributed by atoms with Gasteiger partial charge in [0.15, 0.2) is 11.6 Å². The lowest BCUT2D eigenvalue weighted by atomic mass is 9.59. The highest BCUT2D eigenvalue weighted by atomic mass is 127. The lowest BCUT2D eigenvalue weighted by Crippen LogP contribution is -2.39. The maximum atomic E-state index is 13.9. The van der Waals surface area contributed by atoms with Crippen LogP contribution in [0.1, 0.15) is 31.2 Å². The number of ether oxygens (including phenoxy) is 1.